The van der Waals surface area contributed by atoms with Crippen LogP contribution in [-0.4, -0.2) is 45.6 Å². The van der Waals surface area contributed by atoms with E-state index in [2.05, 4.69) is 27.3 Å². The van der Waals surface area contributed by atoms with Crippen molar-refractivity contribution in [2.24, 2.45) is 5.73 Å². The maximum absolute atomic E-state index is 12.8. The second kappa shape index (κ2) is 9.85. The average Bonchev–Trinajstić information content (AvgIpc) is 3.12. The molecular formula is C20H24ClN5O. The van der Waals surface area contributed by atoms with Crippen LogP contribution >= 0.6 is 12.4 Å². The maximum atomic E-state index is 12.8. The van der Waals surface area contributed by atoms with Crippen molar-refractivity contribution in [1.82, 2.24) is 20.1 Å². The molecule has 2 aromatic carbocycles. The highest BCUT2D eigenvalue weighted by Gasteiger charge is 2.15. The van der Waals surface area contributed by atoms with Crippen molar-refractivity contribution in [1.29, 1.82) is 0 Å². The van der Waals surface area contributed by atoms with Gasteiger partial charge in [0.25, 0.3) is 5.91 Å². The summed E-state index contributed by atoms with van der Waals surface area (Å²) in [5.74, 6) is 1.38. The van der Waals surface area contributed by atoms with Crippen molar-refractivity contribution in [2.45, 2.75) is 13.3 Å². The fourth-order valence-electron chi connectivity index (χ4n) is 2.80. The molecule has 0 radical (unpaired) electrons. The minimum atomic E-state index is -0.0101. The number of nitrogens with zero attached hydrogens (tertiary/aromatic N) is 3. The molecule has 0 aliphatic rings. The number of aromatic amines is 1. The molecule has 142 valence electrons. The highest BCUT2D eigenvalue weighted by molar-refractivity contribution is 5.94. The Morgan fingerprint density at radius 1 is 1.07 bits per heavy atom. The van der Waals surface area contributed by atoms with Crippen molar-refractivity contribution in [3.8, 4) is 11.4 Å². The minimum absolute atomic E-state index is 0. The topological polar surface area (TPSA) is 87.9 Å². The SMILES string of the molecule is Cc1nc(-c2ccc(C(=O)N(CCN)CCc3ccccc3)cc2)n[nH]1.Cl. The fourth-order valence-corrected chi connectivity index (χ4v) is 2.80. The molecule has 0 saturated heterocycles. The molecular weight excluding hydrogens is 362 g/mol. The number of H-pyrrole nitrogens is 1. The Balaban J connectivity index is 0.00000261. The van der Waals surface area contributed by atoms with E-state index in [-0.39, 0.29) is 18.3 Å². The van der Waals surface area contributed by atoms with Gasteiger partial charge in [-0.2, -0.15) is 5.10 Å². The van der Waals surface area contributed by atoms with E-state index in [1.54, 1.807) is 4.90 Å². The number of nitrogens with one attached hydrogen (secondary N) is 1. The molecule has 1 amide bonds. The van der Waals surface area contributed by atoms with E-state index in [0.717, 1.165) is 17.8 Å². The zero-order valence-corrected chi connectivity index (χ0v) is 16.1. The number of hydrogen-bond acceptors (Lipinski definition) is 4. The van der Waals surface area contributed by atoms with Gasteiger partial charge >= 0.3 is 0 Å². The van der Waals surface area contributed by atoms with Gasteiger partial charge in [0.2, 0.25) is 0 Å². The lowest BCUT2D eigenvalue weighted by Crippen LogP contribution is -2.36. The lowest BCUT2D eigenvalue weighted by atomic mass is 10.1. The quantitative estimate of drug-likeness (QED) is 0.654. The monoisotopic (exact) mass is 385 g/mol. The van der Waals surface area contributed by atoms with Gasteiger partial charge in [-0.1, -0.05) is 42.5 Å². The molecule has 0 spiro atoms. The Bertz CT molecular complexity index is 848. The van der Waals surface area contributed by atoms with Gasteiger partial charge in [-0.05, 0) is 31.0 Å². The molecule has 3 rings (SSSR count). The molecule has 1 aromatic heterocycles. The van der Waals surface area contributed by atoms with Crippen LogP contribution in [0.25, 0.3) is 11.4 Å². The fraction of sp³-hybridized carbons (Fsp3) is 0.250. The number of aromatic nitrogens is 3. The summed E-state index contributed by atoms with van der Waals surface area (Å²) in [5, 5.41) is 6.96. The number of halogens is 1. The van der Waals surface area contributed by atoms with Gasteiger partial charge in [0, 0.05) is 30.8 Å². The van der Waals surface area contributed by atoms with Gasteiger partial charge in [-0.25, -0.2) is 4.98 Å². The number of hydrogen-bond donors (Lipinski definition) is 2. The van der Waals surface area contributed by atoms with Crippen molar-refractivity contribution in [3.63, 3.8) is 0 Å². The van der Waals surface area contributed by atoms with Crippen LogP contribution in [-0.2, 0) is 6.42 Å². The van der Waals surface area contributed by atoms with Crippen molar-refractivity contribution < 1.29 is 4.79 Å². The highest BCUT2D eigenvalue weighted by Crippen LogP contribution is 2.16. The Morgan fingerprint density at radius 3 is 2.37 bits per heavy atom. The smallest absolute Gasteiger partial charge is 0.253 e. The third kappa shape index (κ3) is 5.39. The second-order valence-corrected chi connectivity index (χ2v) is 6.14. The normalized spacial score (nSPS) is 10.3. The summed E-state index contributed by atoms with van der Waals surface area (Å²) in [5.41, 5.74) is 8.43. The first-order chi connectivity index (χ1) is 12.7. The molecule has 0 saturated carbocycles. The van der Waals surface area contributed by atoms with Crippen LogP contribution in [0.2, 0.25) is 0 Å². The van der Waals surface area contributed by atoms with E-state index in [1.165, 1.54) is 5.56 Å². The zero-order chi connectivity index (χ0) is 18.4. The van der Waals surface area contributed by atoms with E-state index in [0.29, 0.717) is 31.0 Å². The molecule has 0 atom stereocenters. The minimum Gasteiger partial charge on any atom is -0.337 e. The van der Waals surface area contributed by atoms with Crippen LogP contribution in [0.3, 0.4) is 0 Å². The first-order valence-electron chi connectivity index (χ1n) is 8.70. The van der Waals surface area contributed by atoms with Crippen LogP contribution in [0.1, 0.15) is 21.7 Å². The van der Waals surface area contributed by atoms with Gasteiger partial charge in [-0.3, -0.25) is 9.89 Å². The maximum Gasteiger partial charge on any atom is 0.253 e. The largest absolute Gasteiger partial charge is 0.337 e. The number of aryl methyl sites for hydroxylation is 1. The molecule has 0 aliphatic carbocycles. The van der Waals surface area contributed by atoms with Gasteiger partial charge < -0.3 is 10.6 Å². The number of carbonyl (C=O) groups is 1. The lowest BCUT2D eigenvalue weighted by molar-refractivity contribution is 0.0762. The second-order valence-electron chi connectivity index (χ2n) is 6.14. The lowest BCUT2D eigenvalue weighted by Gasteiger charge is -2.22. The van der Waals surface area contributed by atoms with Gasteiger partial charge in [0.1, 0.15) is 5.82 Å². The average molecular weight is 386 g/mol. The van der Waals surface area contributed by atoms with Gasteiger partial charge in [0.15, 0.2) is 5.82 Å². The van der Waals surface area contributed by atoms with Crippen LogP contribution < -0.4 is 5.73 Å². The zero-order valence-electron chi connectivity index (χ0n) is 15.3. The summed E-state index contributed by atoms with van der Waals surface area (Å²) in [6.45, 7) is 3.47. The van der Waals surface area contributed by atoms with Gasteiger partial charge in [-0.15, -0.1) is 12.4 Å². The standard InChI is InChI=1S/C20H23N5O.ClH/c1-15-22-19(24-23-15)17-7-9-18(10-8-17)20(26)25(14-12-21)13-11-16-5-3-2-4-6-16;/h2-10H,11-14,21H2,1H3,(H,22,23,24);1H. The Labute approximate surface area is 165 Å². The van der Waals surface area contributed by atoms with Crippen LogP contribution in [0.5, 0.6) is 0 Å². The first-order valence-corrected chi connectivity index (χ1v) is 8.70. The van der Waals surface area contributed by atoms with Crippen molar-refractivity contribution >= 4 is 18.3 Å². The molecule has 6 nitrogen and oxygen atoms in total. The molecule has 0 bridgehead atoms. The van der Waals surface area contributed by atoms with Gasteiger partial charge in [0.05, 0.1) is 0 Å². The van der Waals surface area contributed by atoms with Crippen LogP contribution in [0.15, 0.2) is 54.6 Å². The van der Waals surface area contributed by atoms with Crippen molar-refractivity contribution in [2.75, 3.05) is 19.6 Å². The molecule has 3 aromatic rings. The van der Waals surface area contributed by atoms with E-state index in [1.807, 2.05) is 49.4 Å². The molecule has 3 N–H and O–H groups in total. The molecule has 0 unspecified atom stereocenters. The van der Waals surface area contributed by atoms with E-state index >= 15 is 0 Å². The molecule has 0 aliphatic heterocycles. The number of benzene rings is 2. The predicted octanol–water partition coefficient (Wildman–Crippen LogP) is 2.85. The summed E-state index contributed by atoms with van der Waals surface area (Å²) in [7, 11) is 0. The Kier molecular flexibility index (Phi) is 7.52. The van der Waals surface area contributed by atoms with E-state index in [9.17, 15) is 4.79 Å². The third-order valence-electron chi connectivity index (χ3n) is 4.19. The van der Waals surface area contributed by atoms with E-state index < -0.39 is 0 Å². The molecule has 27 heavy (non-hydrogen) atoms. The van der Waals surface area contributed by atoms with Crippen LogP contribution in [0, 0.1) is 6.92 Å². The van der Waals surface area contributed by atoms with Crippen molar-refractivity contribution in [3.05, 3.63) is 71.5 Å². The number of carbonyl (C=O) groups excluding carboxylic acids is 1. The number of nitrogens with two attached hydrogens (primary N) is 1. The molecule has 7 heteroatoms. The molecule has 0 fully saturated rings. The highest BCUT2D eigenvalue weighted by atomic mass is 35.5. The van der Waals surface area contributed by atoms with E-state index in [4.69, 9.17) is 5.73 Å². The third-order valence-corrected chi connectivity index (χ3v) is 4.19. The summed E-state index contributed by atoms with van der Waals surface area (Å²) >= 11 is 0. The summed E-state index contributed by atoms with van der Waals surface area (Å²) in [6.07, 6.45) is 0.807. The number of amides is 1. The summed E-state index contributed by atoms with van der Waals surface area (Å²) in [4.78, 5) is 18.9. The Hall–Kier alpha value is -2.70. The number of rotatable bonds is 7. The summed E-state index contributed by atoms with van der Waals surface area (Å²) < 4.78 is 0. The van der Waals surface area contributed by atoms with Crippen LogP contribution in [0.4, 0.5) is 0 Å². The summed E-state index contributed by atoms with van der Waals surface area (Å²) in [6, 6.07) is 17.5. The predicted molar refractivity (Wildman–Crippen MR) is 109 cm³/mol. The molecule has 1 heterocycles. The Morgan fingerprint density at radius 2 is 1.78 bits per heavy atom. The first kappa shape index (κ1) is 20.6.